The molecule has 4 heterocycles. The number of nitrogens with one attached hydrogen (secondary N) is 4. The SMILES string of the molecule is CC(C)(C)N1CCC(N2C=C([C@@H](Nc3cc(Cl)c4ncc(C#N)c(Nc5ccc(F)c(Cl)c5)c4c3)c3cccc(N4CCC4=O)c3)NN2)CC1. The second-order valence-corrected chi connectivity index (χ2v) is 14.7. The lowest BCUT2D eigenvalue weighted by atomic mass is 9.97. The van der Waals surface area contributed by atoms with E-state index in [0.717, 1.165) is 42.9 Å². The molecule has 0 saturated carbocycles. The molecule has 258 valence electrons. The van der Waals surface area contributed by atoms with E-state index in [1.54, 1.807) is 17.0 Å². The van der Waals surface area contributed by atoms with Gasteiger partial charge in [0, 0.05) is 72.5 Å². The Balaban J connectivity index is 1.25. The first-order valence-corrected chi connectivity index (χ1v) is 17.4. The highest BCUT2D eigenvalue weighted by Gasteiger charge is 2.33. The number of anilines is 4. The third kappa shape index (κ3) is 6.76. The van der Waals surface area contributed by atoms with Gasteiger partial charge in [0.05, 0.1) is 38.6 Å². The summed E-state index contributed by atoms with van der Waals surface area (Å²) in [5, 5.41) is 20.0. The van der Waals surface area contributed by atoms with Crippen LogP contribution in [0.4, 0.5) is 27.1 Å². The summed E-state index contributed by atoms with van der Waals surface area (Å²) < 4.78 is 13.9. The summed E-state index contributed by atoms with van der Waals surface area (Å²) in [6.07, 6.45) is 6.15. The highest BCUT2D eigenvalue weighted by atomic mass is 35.5. The first-order chi connectivity index (χ1) is 24.0. The van der Waals surface area contributed by atoms with Gasteiger partial charge in [-0.25, -0.2) is 4.39 Å². The van der Waals surface area contributed by atoms with Crippen LogP contribution in [0.25, 0.3) is 10.9 Å². The van der Waals surface area contributed by atoms with Gasteiger partial charge in [0.15, 0.2) is 0 Å². The zero-order valence-electron chi connectivity index (χ0n) is 28.0. The number of halogens is 3. The molecule has 0 spiro atoms. The second kappa shape index (κ2) is 13.6. The third-order valence-electron chi connectivity index (χ3n) is 9.64. The number of hydrazine groups is 2. The predicted molar refractivity (Wildman–Crippen MR) is 196 cm³/mol. The molecule has 3 aliphatic heterocycles. The largest absolute Gasteiger partial charge is 0.373 e. The molecule has 2 fully saturated rings. The number of piperidine rings is 1. The van der Waals surface area contributed by atoms with E-state index in [1.165, 1.54) is 18.3 Å². The zero-order chi connectivity index (χ0) is 35.2. The molecule has 4 aromatic rings. The van der Waals surface area contributed by atoms with Crippen LogP contribution in [0.3, 0.4) is 0 Å². The summed E-state index contributed by atoms with van der Waals surface area (Å²) in [5.74, 6) is -0.442. The van der Waals surface area contributed by atoms with Crippen LogP contribution in [-0.4, -0.2) is 52.0 Å². The van der Waals surface area contributed by atoms with Crippen LogP contribution in [0.5, 0.6) is 0 Å². The van der Waals surface area contributed by atoms with Crippen molar-refractivity contribution in [3.8, 4) is 6.07 Å². The summed E-state index contributed by atoms with van der Waals surface area (Å²) in [7, 11) is 0. The van der Waals surface area contributed by atoms with E-state index in [2.05, 4.69) is 69.5 Å². The molecule has 10 nitrogen and oxygen atoms in total. The predicted octanol–water partition coefficient (Wildman–Crippen LogP) is 7.61. The molecule has 3 aliphatic rings. The number of hydrogen-bond donors (Lipinski definition) is 4. The molecule has 13 heteroatoms. The molecule has 0 aliphatic carbocycles. The number of carbonyl (C=O) groups excluding carboxylic acids is 1. The Kier molecular flexibility index (Phi) is 9.22. The molecule has 0 unspecified atom stereocenters. The Morgan fingerprint density at radius 2 is 1.82 bits per heavy atom. The Bertz CT molecular complexity index is 2030. The fourth-order valence-electron chi connectivity index (χ4n) is 6.75. The van der Waals surface area contributed by atoms with E-state index in [4.69, 9.17) is 23.2 Å². The molecule has 4 N–H and O–H groups in total. The second-order valence-electron chi connectivity index (χ2n) is 13.9. The number of β-lactam (4-membered cyclic amide) rings is 1. The van der Waals surface area contributed by atoms with Crippen LogP contribution in [0.2, 0.25) is 10.0 Å². The number of aromatic nitrogens is 1. The number of likely N-dealkylation sites (tertiary alicyclic amines) is 1. The van der Waals surface area contributed by atoms with Crippen LogP contribution >= 0.6 is 23.2 Å². The average molecular weight is 715 g/mol. The lowest BCUT2D eigenvalue weighted by Gasteiger charge is -2.42. The van der Waals surface area contributed by atoms with E-state index in [-0.39, 0.29) is 28.1 Å². The van der Waals surface area contributed by atoms with E-state index >= 15 is 0 Å². The number of nitriles is 1. The van der Waals surface area contributed by atoms with Crippen molar-refractivity contribution in [1.82, 2.24) is 25.9 Å². The van der Waals surface area contributed by atoms with Gasteiger partial charge in [-0.05, 0) is 81.6 Å². The van der Waals surface area contributed by atoms with Gasteiger partial charge in [-0.15, -0.1) is 5.53 Å². The van der Waals surface area contributed by atoms with Crippen LogP contribution in [0.15, 0.2) is 72.7 Å². The van der Waals surface area contributed by atoms with Crippen molar-refractivity contribution in [1.29, 1.82) is 5.26 Å². The number of hydrogen-bond acceptors (Lipinski definition) is 9. The third-order valence-corrected chi connectivity index (χ3v) is 10.2. The molecule has 3 aromatic carbocycles. The highest BCUT2D eigenvalue weighted by Crippen LogP contribution is 2.38. The van der Waals surface area contributed by atoms with Gasteiger partial charge >= 0.3 is 0 Å². The number of amides is 1. The molecule has 0 radical (unpaired) electrons. The first kappa shape index (κ1) is 33.9. The molecule has 0 bridgehead atoms. The van der Waals surface area contributed by atoms with Gasteiger partial charge in [0.25, 0.3) is 0 Å². The van der Waals surface area contributed by atoms with E-state index in [0.29, 0.717) is 52.0 Å². The van der Waals surface area contributed by atoms with Crippen molar-refractivity contribution in [2.45, 2.75) is 57.7 Å². The molecule has 1 aromatic heterocycles. The Hall–Kier alpha value is -4.60. The Morgan fingerprint density at radius 3 is 2.50 bits per heavy atom. The maximum atomic E-state index is 13.9. The van der Waals surface area contributed by atoms with E-state index in [9.17, 15) is 14.4 Å². The first-order valence-electron chi connectivity index (χ1n) is 16.7. The van der Waals surface area contributed by atoms with Gasteiger partial charge in [-0.3, -0.25) is 19.7 Å². The van der Waals surface area contributed by atoms with Crippen molar-refractivity contribution in [2.24, 2.45) is 0 Å². The van der Waals surface area contributed by atoms with Gasteiger partial charge in [0.2, 0.25) is 5.91 Å². The van der Waals surface area contributed by atoms with E-state index in [1.807, 2.05) is 30.3 Å². The van der Waals surface area contributed by atoms with Crippen molar-refractivity contribution >= 4 is 62.8 Å². The smallest absolute Gasteiger partial charge is 0.228 e. The summed E-state index contributed by atoms with van der Waals surface area (Å²) in [5.41, 5.74) is 12.0. The molecular weight excluding hydrogens is 676 g/mol. The van der Waals surface area contributed by atoms with Crippen molar-refractivity contribution in [3.05, 3.63) is 99.7 Å². The minimum atomic E-state index is -0.543. The van der Waals surface area contributed by atoms with Gasteiger partial charge in [0.1, 0.15) is 11.9 Å². The van der Waals surface area contributed by atoms with Crippen LogP contribution < -0.4 is 26.5 Å². The minimum absolute atomic E-state index is 0.0444. The summed E-state index contributed by atoms with van der Waals surface area (Å²) in [4.78, 5) is 21.2. The summed E-state index contributed by atoms with van der Waals surface area (Å²) in [6, 6.07) is 18.1. The maximum Gasteiger partial charge on any atom is 0.228 e. The fraction of sp³-hybridized carbons (Fsp3) is 0.324. The van der Waals surface area contributed by atoms with Crippen LogP contribution in [0.1, 0.15) is 57.2 Å². The van der Waals surface area contributed by atoms with Gasteiger partial charge in [-0.1, -0.05) is 35.3 Å². The topological polar surface area (TPSA) is 112 Å². The zero-order valence-corrected chi connectivity index (χ0v) is 29.5. The number of rotatable bonds is 8. The molecule has 2 saturated heterocycles. The number of carbonyl (C=O) groups is 1. The Morgan fingerprint density at radius 1 is 1.04 bits per heavy atom. The number of benzene rings is 3. The van der Waals surface area contributed by atoms with E-state index < -0.39 is 5.82 Å². The van der Waals surface area contributed by atoms with Crippen LogP contribution in [-0.2, 0) is 4.79 Å². The molecule has 1 amide bonds. The normalized spacial score (nSPS) is 17.6. The maximum absolute atomic E-state index is 13.9. The molecule has 7 rings (SSSR count). The van der Waals surface area contributed by atoms with Crippen molar-refractivity contribution < 1.29 is 9.18 Å². The highest BCUT2D eigenvalue weighted by molar-refractivity contribution is 6.36. The molecule has 50 heavy (non-hydrogen) atoms. The quantitative estimate of drug-likeness (QED) is 0.137. The monoisotopic (exact) mass is 713 g/mol. The lowest BCUT2D eigenvalue weighted by Crippen LogP contribution is -2.52. The molecule has 1 atom stereocenters. The summed E-state index contributed by atoms with van der Waals surface area (Å²) in [6.45, 7) is 9.48. The van der Waals surface area contributed by atoms with Crippen molar-refractivity contribution in [3.63, 3.8) is 0 Å². The average Bonchev–Trinajstić information content (AvgIpc) is 3.58. The van der Waals surface area contributed by atoms with Crippen molar-refractivity contribution in [2.75, 3.05) is 35.2 Å². The summed E-state index contributed by atoms with van der Waals surface area (Å²) >= 11 is 12.9. The Labute approximate surface area is 300 Å². The molecular formula is C37H38Cl2FN9O. The number of pyridine rings is 1. The standard InChI is InChI=1S/C37H38Cl2FN9O/c1-37(2,3)47-12-9-26(10-13-47)49-21-32(45-46-49)35(22-5-4-6-27(15-22)48-14-11-33(48)50)44-25-16-28-34(43-24-7-8-31(40)29(38)17-24)23(19-41)20-42-36(28)30(39)18-25/h4-8,15-18,20-21,26,35,44-46H,9-14H2,1-3H3,(H,42,43)/t35-/m0/s1. The van der Waals surface area contributed by atoms with Gasteiger partial charge < -0.3 is 21.0 Å². The minimum Gasteiger partial charge on any atom is -0.373 e. The van der Waals surface area contributed by atoms with Crippen LogP contribution in [0, 0.1) is 17.1 Å². The lowest BCUT2D eigenvalue weighted by molar-refractivity contribution is -0.122. The number of fused-ring (bicyclic) bond motifs is 1. The number of nitrogens with zero attached hydrogens (tertiary/aromatic N) is 5. The fourth-order valence-corrected chi connectivity index (χ4v) is 7.20. The van der Waals surface area contributed by atoms with Gasteiger partial charge in [-0.2, -0.15) is 5.26 Å².